The monoisotopic (exact) mass is 412 g/mol. The summed E-state index contributed by atoms with van der Waals surface area (Å²) in [7, 11) is 0. The van der Waals surface area contributed by atoms with E-state index in [0.717, 1.165) is 10.6 Å². The Balaban J connectivity index is 1.73. The molecule has 0 bridgehead atoms. The smallest absolute Gasteiger partial charge is 0.268 e. The molecule has 8 heteroatoms. The van der Waals surface area contributed by atoms with Crippen LogP contribution in [0.15, 0.2) is 60.7 Å². The average molecular weight is 412 g/mol. The highest BCUT2D eigenvalue weighted by atomic mass is 16.6. The van der Waals surface area contributed by atoms with Crippen molar-refractivity contribution < 1.29 is 14.5 Å². The molecule has 1 aliphatic heterocycles. The Bertz CT molecular complexity index is 1400. The molecular formula is C23H16N4O4. The summed E-state index contributed by atoms with van der Waals surface area (Å²) in [6.45, 7) is 3.54. The zero-order valence-electron chi connectivity index (χ0n) is 16.7. The lowest BCUT2D eigenvalue weighted by Crippen LogP contribution is -2.41. The maximum absolute atomic E-state index is 13.4. The Morgan fingerprint density at radius 3 is 2.23 bits per heavy atom. The van der Waals surface area contributed by atoms with Gasteiger partial charge in [0.2, 0.25) is 0 Å². The van der Waals surface area contributed by atoms with Gasteiger partial charge in [0.05, 0.1) is 33.1 Å². The van der Waals surface area contributed by atoms with Crippen LogP contribution < -0.4 is 4.90 Å². The van der Waals surface area contributed by atoms with Crippen LogP contribution in [-0.4, -0.2) is 26.5 Å². The van der Waals surface area contributed by atoms with Crippen molar-refractivity contribution in [1.82, 2.24) is 9.78 Å². The molecule has 0 spiro atoms. The number of hydrogen-bond acceptors (Lipinski definition) is 5. The predicted octanol–water partition coefficient (Wildman–Crippen LogP) is 4.35. The van der Waals surface area contributed by atoms with E-state index in [1.165, 1.54) is 12.1 Å². The van der Waals surface area contributed by atoms with Gasteiger partial charge in [-0.2, -0.15) is 5.10 Å². The Labute approximate surface area is 176 Å². The fourth-order valence-electron chi connectivity index (χ4n) is 4.22. The average Bonchev–Trinajstić information content (AvgIpc) is 3.06. The van der Waals surface area contributed by atoms with Crippen LogP contribution in [0.3, 0.4) is 0 Å². The molecule has 0 saturated carbocycles. The zero-order chi connectivity index (χ0) is 21.9. The maximum atomic E-state index is 13.4. The molecule has 1 aliphatic rings. The van der Waals surface area contributed by atoms with Gasteiger partial charge in [0, 0.05) is 22.6 Å². The summed E-state index contributed by atoms with van der Waals surface area (Å²) in [5, 5.41) is 16.6. The van der Waals surface area contributed by atoms with Gasteiger partial charge in [-0.15, -0.1) is 0 Å². The quantitative estimate of drug-likeness (QED) is 0.283. The molecule has 0 N–H and O–H groups in total. The fourth-order valence-corrected chi connectivity index (χ4v) is 4.22. The van der Waals surface area contributed by atoms with E-state index in [1.54, 1.807) is 36.7 Å². The lowest BCUT2D eigenvalue weighted by molar-refractivity contribution is -0.383. The van der Waals surface area contributed by atoms with Crippen molar-refractivity contribution in [2.75, 3.05) is 4.90 Å². The normalized spacial score (nSPS) is 13.2. The number of nitro groups is 1. The summed E-state index contributed by atoms with van der Waals surface area (Å²) in [5.41, 5.74) is 2.76. The van der Waals surface area contributed by atoms with Crippen LogP contribution in [0.2, 0.25) is 0 Å². The topological polar surface area (TPSA) is 98.3 Å². The molecule has 0 radical (unpaired) electrons. The number of non-ortho nitro benzene ring substituents is 1. The molecule has 0 fully saturated rings. The van der Waals surface area contributed by atoms with Crippen molar-refractivity contribution in [3.05, 3.63) is 93.3 Å². The highest BCUT2D eigenvalue weighted by molar-refractivity contribution is 6.36. The van der Waals surface area contributed by atoms with E-state index in [4.69, 9.17) is 0 Å². The number of aromatic nitrogens is 2. The number of carbonyl (C=O) groups excluding carboxylic acids is 2. The summed E-state index contributed by atoms with van der Waals surface area (Å²) in [6.07, 6.45) is 0. The van der Waals surface area contributed by atoms with Gasteiger partial charge in [-0.05, 0) is 44.2 Å². The number of amides is 2. The largest absolute Gasteiger partial charge is 0.277 e. The van der Waals surface area contributed by atoms with Gasteiger partial charge in [0.1, 0.15) is 0 Å². The Morgan fingerprint density at radius 2 is 1.55 bits per heavy atom. The van der Waals surface area contributed by atoms with Gasteiger partial charge in [0.25, 0.3) is 17.5 Å². The van der Waals surface area contributed by atoms with E-state index >= 15 is 0 Å². The van der Waals surface area contributed by atoms with Crippen molar-refractivity contribution in [1.29, 1.82) is 0 Å². The van der Waals surface area contributed by atoms with Crippen LogP contribution >= 0.6 is 0 Å². The Morgan fingerprint density at radius 1 is 0.871 bits per heavy atom. The predicted molar refractivity (Wildman–Crippen MR) is 115 cm³/mol. The van der Waals surface area contributed by atoms with Gasteiger partial charge < -0.3 is 0 Å². The molecule has 31 heavy (non-hydrogen) atoms. The van der Waals surface area contributed by atoms with Gasteiger partial charge in [-0.3, -0.25) is 19.7 Å². The number of nitrogens with zero attached hydrogens (tertiary/aromatic N) is 4. The van der Waals surface area contributed by atoms with Gasteiger partial charge in [-0.1, -0.05) is 24.3 Å². The third-order valence-corrected chi connectivity index (χ3v) is 5.56. The number of imide groups is 1. The van der Waals surface area contributed by atoms with Gasteiger partial charge >= 0.3 is 0 Å². The van der Waals surface area contributed by atoms with E-state index in [9.17, 15) is 19.7 Å². The fraction of sp³-hybridized carbons (Fsp3) is 0.0870. The zero-order valence-corrected chi connectivity index (χ0v) is 16.7. The van der Waals surface area contributed by atoms with Crippen molar-refractivity contribution in [3.8, 4) is 5.69 Å². The summed E-state index contributed by atoms with van der Waals surface area (Å²) in [5.74, 6) is -1.05. The van der Waals surface area contributed by atoms with Crippen LogP contribution in [0, 0.1) is 24.0 Å². The van der Waals surface area contributed by atoms with E-state index in [-0.39, 0.29) is 22.2 Å². The minimum absolute atomic E-state index is 0.140. The molecule has 2 heterocycles. The molecule has 4 aromatic rings. The SMILES string of the molecule is Cc1nn(-c2ccccc2)c(C)c1N1C(=O)c2cccc3c([N+](=O)[O-])ccc(c23)C1=O. The molecule has 0 unspecified atom stereocenters. The second-order valence-corrected chi connectivity index (χ2v) is 7.33. The highest BCUT2D eigenvalue weighted by Gasteiger charge is 2.38. The Kier molecular flexibility index (Phi) is 3.97. The van der Waals surface area contributed by atoms with Crippen LogP contribution in [0.4, 0.5) is 11.4 Å². The number of aryl methyl sites for hydroxylation is 1. The first-order valence-electron chi connectivity index (χ1n) is 9.60. The first-order valence-corrected chi connectivity index (χ1v) is 9.60. The van der Waals surface area contributed by atoms with Crippen LogP contribution in [0.1, 0.15) is 32.1 Å². The van der Waals surface area contributed by atoms with Crippen LogP contribution in [0.5, 0.6) is 0 Å². The number of carbonyl (C=O) groups is 2. The van der Waals surface area contributed by atoms with Crippen molar-refractivity contribution in [3.63, 3.8) is 0 Å². The number of nitro benzene ring substituents is 1. The summed E-state index contributed by atoms with van der Waals surface area (Å²) in [6, 6.07) is 16.9. The molecule has 5 rings (SSSR count). The molecule has 2 amide bonds. The van der Waals surface area contributed by atoms with Crippen molar-refractivity contribution in [2.24, 2.45) is 0 Å². The van der Waals surface area contributed by atoms with Gasteiger partial charge in [0.15, 0.2) is 0 Å². The lowest BCUT2D eigenvalue weighted by atomic mass is 9.92. The van der Waals surface area contributed by atoms with E-state index in [1.807, 2.05) is 30.3 Å². The number of hydrogen-bond donors (Lipinski definition) is 0. The number of anilines is 1. The van der Waals surface area contributed by atoms with Gasteiger partial charge in [-0.25, -0.2) is 9.58 Å². The molecule has 0 saturated heterocycles. The highest BCUT2D eigenvalue weighted by Crippen LogP contribution is 2.38. The molecule has 152 valence electrons. The van der Waals surface area contributed by atoms with Crippen LogP contribution in [-0.2, 0) is 0 Å². The van der Waals surface area contributed by atoms with Crippen LogP contribution in [0.25, 0.3) is 16.5 Å². The molecule has 1 aromatic heterocycles. The number of rotatable bonds is 3. The van der Waals surface area contributed by atoms with E-state index in [2.05, 4.69) is 5.10 Å². The van der Waals surface area contributed by atoms with E-state index < -0.39 is 16.7 Å². The number of para-hydroxylation sites is 1. The first-order chi connectivity index (χ1) is 14.9. The second kappa shape index (κ2) is 6.60. The van der Waals surface area contributed by atoms with E-state index in [0.29, 0.717) is 22.5 Å². The summed E-state index contributed by atoms with van der Waals surface area (Å²) < 4.78 is 1.69. The molecule has 0 aliphatic carbocycles. The third kappa shape index (κ3) is 2.58. The lowest BCUT2D eigenvalue weighted by Gasteiger charge is -2.27. The maximum Gasteiger partial charge on any atom is 0.277 e. The molecule has 3 aromatic carbocycles. The van der Waals surface area contributed by atoms with Crippen molar-refractivity contribution >= 4 is 34.0 Å². The summed E-state index contributed by atoms with van der Waals surface area (Å²) >= 11 is 0. The minimum Gasteiger partial charge on any atom is -0.268 e. The third-order valence-electron chi connectivity index (χ3n) is 5.56. The van der Waals surface area contributed by atoms with Crippen molar-refractivity contribution in [2.45, 2.75) is 13.8 Å². The number of benzene rings is 3. The standard InChI is InChI=1S/C23H16N4O4/c1-13-21(14(2)26(24-13)15-7-4-3-5-8-15)25-22(28)17-10-6-9-16-19(27(30)31)12-11-18(20(16)17)23(25)29/h3-12H,1-2H3. The summed E-state index contributed by atoms with van der Waals surface area (Å²) in [4.78, 5) is 38.9. The molecule has 8 nitrogen and oxygen atoms in total. The minimum atomic E-state index is -0.526. The molecule has 0 atom stereocenters. The Hall–Kier alpha value is -4.33. The second-order valence-electron chi connectivity index (χ2n) is 7.33. The first kappa shape index (κ1) is 18.7. The molecular weight excluding hydrogens is 396 g/mol.